The van der Waals surface area contributed by atoms with Gasteiger partial charge >= 0.3 is 5.97 Å². The summed E-state index contributed by atoms with van der Waals surface area (Å²) in [6.07, 6.45) is 16.4. The van der Waals surface area contributed by atoms with Crippen LogP contribution in [0.1, 0.15) is 103 Å². The second-order valence-electron chi connectivity index (χ2n) is 9.93. The Balaban J connectivity index is 1.13. The Kier molecular flexibility index (Phi) is 8.21. The third-order valence-electron chi connectivity index (χ3n) is 6.89. The molecule has 0 aliphatic carbocycles. The fourth-order valence-electron chi connectivity index (χ4n) is 5.23. The monoisotopic (exact) mass is 416 g/mol. The fourth-order valence-corrected chi connectivity index (χ4v) is 5.23. The van der Waals surface area contributed by atoms with E-state index in [0.717, 1.165) is 19.3 Å². The molecule has 1 N–H and O–H groups in total. The van der Waals surface area contributed by atoms with Crippen LogP contribution in [-0.2, 0) is 20.7 Å². The molecule has 4 heteroatoms. The Bertz CT molecular complexity index is 670. The molecule has 4 nitrogen and oxygen atoms in total. The van der Waals surface area contributed by atoms with E-state index in [1.807, 2.05) is 19.1 Å². The van der Waals surface area contributed by atoms with E-state index >= 15 is 0 Å². The zero-order chi connectivity index (χ0) is 21.5. The first-order valence-corrected chi connectivity index (χ1v) is 12.1. The molecule has 3 atom stereocenters. The number of benzene rings is 1. The van der Waals surface area contributed by atoms with E-state index in [-0.39, 0.29) is 17.7 Å². The molecule has 0 aromatic heterocycles. The summed E-state index contributed by atoms with van der Waals surface area (Å²) in [5, 5.41) is 9.31. The quantitative estimate of drug-likeness (QED) is 0.295. The van der Waals surface area contributed by atoms with Gasteiger partial charge in [-0.15, -0.1) is 0 Å². The highest BCUT2D eigenvalue weighted by molar-refractivity contribution is 5.73. The van der Waals surface area contributed by atoms with Crippen molar-refractivity contribution < 1.29 is 19.4 Å². The molecule has 0 spiro atoms. The maximum absolute atomic E-state index is 11.5. The SMILES string of the molecule is CC1(CCCCCCCCCCCCc2ccc(O)cc2)CC2(C)OC(=O)CC2O1. The molecule has 2 aliphatic heterocycles. The third-order valence-corrected chi connectivity index (χ3v) is 6.89. The van der Waals surface area contributed by atoms with Gasteiger partial charge in [-0.1, -0.05) is 69.9 Å². The number of esters is 1. The van der Waals surface area contributed by atoms with E-state index in [1.54, 1.807) is 12.1 Å². The molecule has 2 heterocycles. The van der Waals surface area contributed by atoms with Gasteiger partial charge in [0.15, 0.2) is 0 Å². The first-order chi connectivity index (χ1) is 14.4. The van der Waals surface area contributed by atoms with Crippen molar-refractivity contribution in [3.05, 3.63) is 29.8 Å². The van der Waals surface area contributed by atoms with E-state index in [1.165, 1.54) is 69.8 Å². The van der Waals surface area contributed by atoms with Crippen molar-refractivity contribution in [3.63, 3.8) is 0 Å². The number of unbranched alkanes of at least 4 members (excludes halogenated alkanes) is 9. The minimum atomic E-state index is -0.393. The molecule has 1 aromatic carbocycles. The van der Waals surface area contributed by atoms with Crippen LogP contribution in [-0.4, -0.2) is 28.4 Å². The van der Waals surface area contributed by atoms with Gasteiger partial charge in [-0.2, -0.15) is 0 Å². The number of rotatable bonds is 13. The maximum Gasteiger partial charge on any atom is 0.309 e. The Morgan fingerprint density at radius 1 is 0.900 bits per heavy atom. The lowest BCUT2D eigenvalue weighted by molar-refractivity contribution is -0.147. The van der Waals surface area contributed by atoms with Crippen molar-refractivity contribution in [2.75, 3.05) is 0 Å². The van der Waals surface area contributed by atoms with Crippen molar-refractivity contribution in [1.29, 1.82) is 0 Å². The zero-order valence-electron chi connectivity index (χ0n) is 19.0. The van der Waals surface area contributed by atoms with Gasteiger partial charge in [-0.25, -0.2) is 0 Å². The van der Waals surface area contributed by atoms with Gasteiger partial charge in [-0.05, 0) is 50.8 Å². The summed E-state index contributed by atoms with van der Waals surface area (Å²) in [4.78, 5) is 11.5. The van der Waals surface area contributed by atoms with Crippen LogP contribution in [0.3, 0.4) is 0 Å². The summed E-state index contributed by atoms with van der Waals surface area (Å²) < 4.78 is 11.7. The molecule has 0 saturated carbocycles. The van der Waals surface area contributed by atoms with Gasteiger partial charge in [0.05, 0.1) is 12.0 Å². The Morgan fingerprint density at radius 3 is 2.07 bits per heavy atom. The molecule has 2 aliphatic rings. The fraction of sp³-hybridized carbons (Fsp3) is 0.731. The van der Waals surface area contributed by atoms with Gasteiger partial charge in [0.2, 0.25) is 0 Å². The van der Waals surface area contributed by atoms with Crippen molar-refractivity contribution in [1.82, 2.24) is 0 Å². The van der Waals surface area contributed by atoms with E-state index in [0.29, 0.717) is 12.2 Å². The van der Waals surface area contributed by atoms with Gasteiger partial charge in [0.1, 0.15) is 17.5 Å². The second kappa shape index (κ2) is 10.7. The van der Waals surface area contributed by atoms with Gasteiger partial charge in [0, 0.05) is 6.42 Å². The Labute approximate surface area is 182 Å². The molecular formula is C26H40O4. The minimum Gasteiger partial charge on any atom is -0.508 e. The largest absolute Gasteiger partial charge is 0.508 e. The van der Waals surface area contributed by atoms with E-state index in [4.69, 9.17) is 9.47 Å². The summed E-state index contributed by atoms with van der Waals surface area (Å²) >= 11 is 0. The number of hydrogen-bond donors (Lipinski definition) is 1. The van der Waals surface area contributed by atoms with Crippen LogP contribution in [0.5, 0.6) is 5.75 Å². The number of carbonyl (C=O) groups is 1. The average Bonchev–Trinajstić information content (AvgIpc) is 3.09. The second-order valence-corrected chi connectivity index (χ2v) is 9.93. The lowest BCUT2D eigenvalue weighted by Crippen LogP contribution is -2.31. The zero-order valence-corrected chi connectivity index (χ0v) is 19.0. The molecule has 1 aromatic rings. The standard InChI is InChI=1S/C26H40O4/c1-25(20-26(2)23(29-25)19-24(28)30-26)18-12-10-8-6-4-3-5-7-9-11-13-21-14-16-22(27)17-15-21/h14-17,23,27H,3-13,18-20H2,1-2H3. The highest BCUT2D eigenvalue weighted by Crippen LogP contribution is 2.47. The van der Waals surface area contributed by atoms with Crippen molar-refractivity contribution >= 4 is 5.97 Å². The number of phenols is 1. The summed E-state index contributed by atoms with van der Waals surface area (Å²) in [5.41, 5.74) is 0.804. The highest BCUT2D eigenvalue weighted by Gasteiger charge is 2.57. The van der Waals surface area contributed by atoms with Crippen molar-refractivity contribution in [3.8, 4) is 5.75 Å². The highest BCUT2D eigenvalue weighted by atomic mass is 16.6. The predicted molar refractivity (Wildman–Crippen MR) is 120 cm³/mol. The topological polar surface area (TPSA) is 55.8 Å². The van der Waals surface area contributed by atoms with Crippen LogP contribution in [0.4, 0.5) is 0 Å². The summed E-state index contributed by atoms with van der Waals surface area (Å²) in [6, 6.07) is 7.60. The van der Waals surface area contributed by atoms with E-state index in [2.05, 4.69) is 6.92 Å². The number of fused-ring (bicyclic) bond motifs is 1. The summed E-state index contributed by atoms with van der Waals surface area (Å²) in [6.45, 7) is 4.22. The molecule has 3 unspecified atom stereocenters. The first-order valence-electron chi connectivity index (χ1n) is 12.1. The number of hydrogen-bond acceptors (Lipinski definition) is 4. The molecule has 0 radical (unpaired) electrons. The van der Waals surface area contributed by atoms with Crippen LogP contribution < -0.4 is 0 Å². The van der Waals surface area contributed by atoms with Gasteiger partial charge in [0.25, 0.3) is 0 Å². The van der Waals surface area contributed by atoms with Crippen LogP contribution in [0.15, 0.2) is 24.3 Å². The Morgan fingerprint density at radius 2 is 1.47 bits per heavy atom. The lowest BCUT2D eigenvalue weighted by Gasteiger charge is -2.25. The lowest BCUT2D eigenvalue weighted by atomic mass is 9.87. The van der Waals surface area contributed by atoms with Gasteiger partial charge < -0.3 is 14.6 Å². The first kappa shape index (κ1) is 23.1. The van der Waals surface area contributed by atoms with E-state index in [9.17, 15) is 9.90 Å². The number of carbonyl (C=O) groups excluding carboxylic acids is 1. The molecule has 0 bridgehead atoms. The van der Waals surface area contributed by atoms with Crippen molar-refractivity contribution in [2.45, 2.75) is 121 Å². The molecule has 2 fully saturated rings. The smallest absolute Gasteiger partial charge is 0.309 e. The van der Waals surface area contributed by atoms with Crippen molar-refractivity contribution in [2.24, 2.45) is 0 Å². The number of phenolic OH excluding ortho intramolecular Hbond substituents is 1. The number of aryl methyl sites for hydroxylation is 1. The molecular weight excluding hydrogens is 376 g/mol. The maximum atomic E-state index is 11.5. The summed E-state index contributed by atoms with van der Waals surface area (Å²) in [5.74, 6) is 0.241. The van der Waals surface area contributed by atoms with Gasteiger partial charge in [-0.3, -0.25) is 4.79 Å². The van der Waals surface area contributed by atoms with Crippen LogP contribution in [0.2, 0.25) is 0 Å². The number of aromatic hydroxyl groups is 1. The van der Waals surface area contributed by atoms with Crippen LogP contribution in [0, 0.1) is 0 Å². The molecule has 168 valence electrons. The van der Waals surface area contributed by atoms with Crippen LogP contribution >= 0.6 is 0 Å². The molecule has 0 amide bonds. The normalized spacial score (nSPS) is 27.9. The molecule has 2 saturated heterocycles. The Hall–Kier alpha value is -1.55. The summed E-state index contributed by atoms with van der Waals surface area (Å²) in [7, 11) is 0. The average molecular weight is 417 g/mol. The van der Waals surface area contributed by atoms with Crippen LogP contribution in [0.25, 0.3) is 0 Å². The third kappa shape index (κ3) is 6.73. The predicted octanol–water partition coefficient (Wildman–Crippen LogP) is 6.48. The number of ether oxygens (including phenoxy) is 2. The minimum absolute atomic E-state index is 0.0453. The molecule has 30 heavy (non-hydrogen) atoms. The molecule has 3 rings (SSSR count). The van der Waals surface area contributed by atoms with E-state index < -0.39 is 5.60 Å².